The highest BCUT2D eigenvalue weighted by atomic mass is 19.1. The van der Waals surface area contributed by atoms with Crippen LogP contribution in [0.3, 0.4) is 0 Å². The molecule has 0 bridgehead atoms. The molecule has 1 saturated heterocycles. The highest BCUT2D eigenvalue weighted by Crippen LogP contribution is 2.22. The lowest BCUT2D eigenvalue weighted by Crippen LogP contribution is -2.22. The van der Waals surface area contributed by atoms with E-state index in [2.05, 4.69) is 10.1 Å². The van der Waals surface area contributed by atoms with Gasteiger partial charge in [0.1, 0.15) is 6.17 Å². The minimum atomic E-state index is -1.07. The predicted octanol–water partition coefficient (Wildman–Crippen LogP) is 1.54. The third-order valence-electron chi connectivity index (χ3n) is 2.67. The Morgan fingerprint density at radius 3 is 2.89 bits per heavy atom. The summed E-state index contributed by atoms with van der Waals surface area (Å²) in [6, 6.07) is 4.00. The number of alkyl halides is 1. The number of rotatable bonds is 3. The van der Waals surface area contributed by atoms with E-state index in [1.165, 1.54) is 12.1 Å². The van der Waals surface area contributed by atoms with Crippen LogP contribution in [0.4, 0.5) is 13.6 Å². The molecule has 1 heterocycles. The van der Waals surface area contributed by atoms with Crippen LogP contribution in [0.2, 0.25) is 0 Å². The van der Waals surface area contributed by atoms with Crippen LogP contribution in [0.15, 0.2) is 18.2 Å². The van der Waals surface area contributed by atoms with Gasteiger partial charge in [0.2, 0.25) is 0 Å². The quantitative estimate of drug-likeness (QED) is 0.861. The predicted molar refractivity (Wildman–Crippen MR) is 61.3 cm³/mol. The summed E-state index contributed by atoms with van der Waals surface area (Å²) in [4.78, 5) is 10.5. The van der Waals surface area contributed by atoms with E-state index in [-0.39, 0.29) is 11.8 Å². The summed E-state index contributed by atoms with van der Waals surface area (Å²) < 4.78 is 30.9. The smallest absolute Gasteiger partial charge is 0.407 e. The molecule has 1 aliphatic rings. The number of benzene rings is 1. The summed E-state index contributed by atoms with van der Waals surface area (Å²) in [7, 11) is 0. The van der Waals surface area contributed by atoms with Gasteiger partial charge in [-0.3, -0.25) is 0 Å². The molecule has 1 amide bonds. The summed E-state index contributed by atoms with van der Waals surface area (Å²) in [6.45, 7) is 0.312. The number of nitrogens with one attached hydrogen (secondary N) is 1. The molecular formula is C12H13F2N2O2. The highest BCUT2D eigenvalue weighted by molar-refractivity contribution is 5.68. The lowest BCUT2D eigenvalue weighted by Gasteiger charge is -2.10. The Kier molecular flexibility index (Phi) is 3.76. The van der Waals surface area contributed by atoms with Crippen molar-refractivity contribution in [2.24, 2.45) is 5.73 Å². The van der Waals surface area contributed by atoms with E-state index in [0.29, 0.717) is 18.5 Å². The molecule has 0 unspecified atom stereocenters. The Hall–Kier alpha value is -1.69. The Morgan fingerprint density at radius 1 is 1.56 bits per heavy atom. The van der Waals surface area contributed by atoms with Gasteiger partial charge in [0.05, 0.1) is 0 Å². The van der Waals surface area contributed by atoms with E-state index < -0.39 is 18.1 Å². The van der Waals surface area contributed by atoms with E-state index in [0.717, 1.165) is 0 Å². The topological polar surface area (TPSA) is 64.4 Å². The Bertz CT molecular complexity index is 454. The van der Waals surface area contributed by atoms with Crippen LogP contribution in [0.25, 0.3) is 0 Å². The van der Waals surface area contributed by atoms with Crippen LogP contribution < -0.4 is 15.8 Å². The lowest BCUT2D eigenvalue weighted by molar-refractivity contribution is 0.208. The molecular weight excluding hydrogens is 242 g/mol. The Balaban J connectivity index is 2.02. The molecule has 1 fully saturated rings. The first kappa shape index (κ1) is 12.8. The molecule has 1 aromatic carbocycles. The molecule has 3 N–H and O–H groups in total. The van der Waals surface area contributed by atoms with Gasteiger partial charge in [-0.2, -0.15) is 0 Å². The molecule has 1 aromatic rings. The minimum absolute atomic E-state index is 0.109. The lowest BCUT2D eigenvalue weighted by atomic mass is 10.0. The highest BCUT2D eigenvalue weighted by Gasteiger charge is 2.24. The second-order valence-electron chi connectivity index (χ2n) is 4.13. The molecule has 6 heteroatoms. The number of primary amides is 1. The molecule has 2 atom stereocenters. The molecule has 0 spiro atoms. The number of halogens is 2. The van der Waals surface area contributed by atoms with E-state index >= 15 is 0 Å². The number of nitrogens with two attached hydrogens (primary N) is 1. The first-order chi connectivity index (χ1) is 8.54. The standard InChI is InChI=1S/C12H13F2N2O2/c13-8-5-9(16-6-8)3-7-1-2-11(10(14)4-7)18-12(15)17/h1-4,8-9,16H,5-6H2,(H2,15,17)/t8-,9+/m0/s1. The van der Waals surface area contributed by atoms with E-state index in [4.69, 9.17) is 5.73 Å². The van der Waals surface area contributed by atoms with Crippen molar-refractivity contribution in [3.05, 3.63) is 36.0 Å². The van der Waals surface area contributed by atoms with E-state index in [9.17, 15) is 13.6 Å². The van der Waals surface area contributed by atoms with Crippen LogP contribution in [0.1, 0.15) is 12.0 Å². The number of ether oxygens (including phenoxy) is 1. The fourth-order valence-corrected chi connectivity index (χ4v) is 1.89. The van der Waals surface area contributed by atoms with Crippen molar-refractivity contribution in [2.75, 3.05) is 6.54 Å². The molecule has 4 nitrogen and oxygen atoms in total. The first-order valence-electron chi connectivity index (χ1n) is 5.54. The summed E-state index contributed by atoms with van der Waals surface area (Å²) in [5.41, 5.74) is 5.38. The SMILES string of the molecule is NC(=O)Oc1ccc([CH][C@@H]2C[C@H](F)CN2)cc1F. The summed E-state index contributed by atoms with van der Waals surface area (Å²) in [5, 5.41) is 2.96. The number of amides is 1. The largest absolute Gasteiger partial charge is 0.410 e. The van der Waals surface area contributed by atoms with Crippen molar-refractivity contribution in [2.45, 2.75) is 18.6 Å². The minimum Gasteiger partial charge on any atom is -0.407 e. The molecule has 1 aliphatic heterocycles. The maximum Gasteiger partial charge on any atom is 0.410 e. The third-order valence-corrected chi connectivity index (χ3v) is 2.67. The zero-order valence-corrected chi connectivity index (χ0v) is 9.53. The Morgan fingerprint density at radius 2 is 2.33 bits per heavy atom. The van der Waals surface area contributed by atoms with Crippen LogP contribution in [0.5, 0.6) is 5.75 Å². The van der Waals surface area contributed by atoms with Gasteiger partial charge >= 0.3 is 6.09 Å². The molecule has 0 saturated carbocycles. The molecule has 1 radical (unpaired) electrons. The third kappa shape index (κ3) is 3.16. The number of hydrogen-bond acceptors (Lipinski definition) is 3. The van der Waals surface area contributed by atoms with Crippen molar-refractivity contribution in [1.29, 1.82) is 0 Å². The molecule has 0 aromatic heterocycles. The first-order valence-corrected chi connectivity index (χ1v) is 5.54. The molecule has 97 valence electrons. The summed E-state index contributed by atoms with van der Waals surface area (Å²) >= 11 is 0. The summed E-state index contributed by atoms with van der Waals surface area (Å²) in [5.74, 6) is -0.903. The van der Waals surface area contributed by atoms with Crippen molar-refractivity contribution in [3.8, 4) is 5.75 Å². The van der Waals surface area contributed by atoms with Crippen LogP contribution >= 0.6 is 0 Å². The maximum absolute atomic E-state index is 13.5. The van der Waals surface area contributed by atoms with Gasteiger partial charge in [0.15, 0.2) is 11.6 Å². The van der Waals surface area contributed by atoms with Crippen molar-refractivity contribution in [3.63, 3.8) is 0 Å². The zero-order chi connectivity index (χ0) is 13.1. The van der Waals surface area contributed by atoms with E-state index in [1.54, 1.807) is 12.5 Å². The molecule has 18 heavy (non-hydrogen) atoms. The fraction of sp³-hybridized carbons (Fsp3) is 0.333. The second kappa shape index (κ2) is 5.30. The van der Waals surface area contributed by atoms with E-state index in [1.807, 2.05) is 0 Å². The van der Waals surface area contributed by atoms with Gasteiger partial charge in [0.25, 0.3) is 0 Å². The fourth-order valence-electron chi connectivity index (χ4n) is 1.89. The van der Waals surface area contributed by atoms with Gasteiger partial charge in [-0.1, -0.05) is 6.07 Å². The van der Waals surface area contributed by atoms with Crippen molar-refractivity contribution >= 4 is 6.09 Å². The van der Waals surface area contributed by atoms with Gasteiger partial charge in [-0.25, -0.2) is 13.6 Å². The normalized spacial score (nSPS) is 23.0. The average molecular weight is 255 g/mol. The molecule has 2 rings (SSSR count). The average Bonchev–Trinajstić information content (AvgIpc) is 2.68. The Labute approximate surface area is 103 Å². The van der Waals surface area contributed by atoms with Crippen LogP contribution in [0, 0.1) is 12.2 Å². The number of hydrogen-bond donors (Lipinski definition) is 2. The van der Waals surface area contributed by atoms with Gasteiger partial charge in [-0.15, -0.1) is 0 Å². The van der Waals surface area contributed by atoms with Crippen molar-refractivity contribution < 1.29 is 18.3 Å². The van der Waals surface area contributed by atoms with Crippen LogP contribution in [-0.2, 0) is 0 Å². The monoisotopic (exact) mass is 255 g/mol. The van der Waals surface area contributed by atoms with Gasteiger partial charge in [-0.05, 0) is 24.1 Å². The maximum atomic E-state index is 13.5. The van der Waals surface area contributed by atoms with Crippen molar-refractivity contribution in [1.82, 2.24) is 5.32 Å². The van der Waals surface area contributed by atoms with Gasteiger partial charge < -0.3 is 15.8 Å². The number of carbonyl (C=O) groups excluding carboxylic acids is 1. The zero-order valence-electron chi connectivity index (χ0n) is 9.53. The number of carbonyl (C=O) groups is 1. The van der Waals surface area contributed by atoms with Gasteiger partial charge in [0, 0.05) is 19.0 Å². The summed E-state index contributed by atoms with van der Waals surface area (Å²) in [6.07, 6.45) is 0.176. The second-order valence-corrected chi connectivity index (χ2v) is 4.13. The van der Waals surface area contributed by atoms with Crippen LogP contribution in [-0.4, -0.2) is 24.9 Å². The molecule has 0 aliphatic carbocycles.